The summed E-state index contributed by atoms with van der Waals surface area (Å²) in [5.41, 5.74) is 1.62. The van der Waals surface area contributed by atoms with Crippen LogP contribution >= 0.6 is 11.6 Å². The highest BCUT2D eigenvalue weighted by molar-refractivity contribution is 6.27. The van der Waals surface area contributed by atoms with Crippen molar-refractivity contribution in [3.8, 4) is 0 Å². The van der Waals surface area contributed by atoms with E-state index in [4.69, 9.17) is 11.6 Å². The van der Waals surface area contributed by atoms with Crippen LogP contribution in [-0.4, -0.2) is 18.3 Å². The second-order valence-electron chi connectivity index (χ2n) is 4.93. The first-order valence-corrected chi connectivity index (χ1v) is 6.64. The molecular weight excluding hydrogens is 234 g/mol. The number of halogens is 1. The van der Waals surface area contributed by atoms with E-state index in [9.17, 15) is 4.79 Å². The number of carbonyl (C=O) groups is 1. The van der Waals surface area contributed by atoms with Crippen molar-refractivity contribution in [2.24, 2.45) is 5.41 Å². The predicted octanol–water partition coefficient (Wildman–Crippen LogP) is 2.75. The number of amides is 1. The van der Waals surface area contributed by atoms with Gasteiger partial charge in [-0.15, -0.1) is 11.6 Å². The average Bonchev–Trinajstić information content (AvgIpc) is 2.33. The van der Waals surface area contributed by atoms with Crippen LogP contribution < -0.4 is 5.32 Å². The first-order chi connectivity index (χ1) is 8.24. The van der Waals surface area contributed by atoms with Gasteiger partial charge >= 0.3 is 0 Å². The molecule has 2 nitrogen and oxygen atoms in total. The Kier molecular flexibility index (Phi) is 4.06. The molecule has 1 N–H and O–H groups in total. The molecule has 0 saturated heterocycles. The minimum absolute atomic E-state index is 0.0570. The normalized spacial score (nSPS) is 17.2. The van der Waals surface area contributed by atoms with Gasteiger partial charge in [-0.1, -0.05) is 36.8 Å². The largest absolute Gasteiger partial charge is 0.354 e. The SMILES string of the molecule is O=C(CCl)NCC1(Cc2ccccc2)CCC1. The maximum atomic E-state index is 11.2. The Balaban J connectivity index is 1.93. The fourth-order valence-electron chi connectivity index (χ4n) is 2.46. The van der Waals surface area contributed by atoms with Crippen molar-refractivity contribution in [1.82, 2.24) is 5.32 Å². The minimum Gasteiger partial charge on any atom is -0.354 e. The summed E-state index contributed by atoms with van der Waals surface area (Å²) in [6.07, 6.45) is 4.72. The summed E-state index contributed by atoms with van der Waals surface area (Å²) in [7, 11) is 0. The molecule has 0 aliphatic heterocycles. The van der Waals surface area contributed by atoms with E-state index in [0.29, 0.717) is 0 Å². The molecule has 1 aliphatic rings. The zero-order valence-corrected chi connectivity index (χ0v) is 10.7. The molecule has 0 atom stereocenters. The van der Waals surface area contributed by atoms with Crippen LogP contribution in [-0.2, 0) is 11.2 Å². The molecule has 17 heavy (non-hydrogen) atoms. The van der Waals surface area contributed by atoms with E-state index in [1.807, 2.05) is 6.07 Å². The van der Waals surface area contributed by atoms with Gasteiger partial charge in [0.2, 0.25) is 5.91 Å². The van der Waals surface area contributed by atoms with Crippen molar-refractivity contribution in [3.63, 3.8) is 0 Å². The van der Waals surface area contributed by atoms with E-state index in [-0.39, 0.29) is 17.2 Å². The van der Waals surface area contributed by atoms with Crippen molar-refractivity contribution >= 4 is 17.5 Å². The first-order valence-electron chi connectivity index (χ1n) is 6.11. The Morgan fingerprint density at radius 2 is 2.00 bits per heavy atom. The zero-order valence-electron chi connectivity index (χ0n) is 9.92. The molecule has 0 aromatic heterocycles. The van der Waals surface area contributed by atoms with Crippen LogP contribution in [0.3, 0.4) is 0 Å². The van der Waals surface area contributed by atoms with Gasteiger partial charge in [0.1, 0.15) is 5.88 Å². The molecule has 1 saturated carbocycles. The third-order valence-electron chi connectivity index (χ3n) is 3.62. The van der Waals surface area contributed by atoms with Crippen LogP contribution in [0.5, 0.6) is 0 Å². The number of benzene rings is 1. The summed E-state index contributed by atoms with van der Waals surface area (Å²) in [6.45, 7) is 0.757. The van der Waals surface area contributed by atoms with Gasteiger partial charge in [-0.05, 0) is 30.2 Å². The lowest BCUT2D eigenvalue weighted by molar-refractivity contribution is -0.119. The molecule has 1 aliphatic carbocycles. The maximum Gasteiger partial charge on any atom is 0.234 e. The van der Waals surface area contributed by atoms with Gasteiger partial charge in [-0.3, -0.25) is 4.79 Å². The highest BCUT2D eigenvalue weighted by atomic mass is 35.5. The summed E-state index contributed by atoms with van der Waals surface area (Å²) in [5, 5.41) is 2.92. The second-order valence-corrected chi connectivity index (χ2v) is 5.19. The van der Waals surface area contributed by atoms with Crippen molar-refractivity contribution < 1.29 is 4.79 Å². The van der Waals surface area contributed by atoms with Gasteiger partial charge in [0.25, 0.3) is 0 Å². The van der Waals surface area contributed by atoms with E-state index >= 15 is 0 Å². The number of carbonyl (C=O) groups excluding carboxylic acids is 1. The second kappa shape index (κ2) is 5.54. The maximum absolute atomic E-state index is 11.2. The summed E-state index contributed by atoms with van der Waals surface area (Å²) >= 11 is 5.49. The van der Waals surface area contributed by atoms with Gasteiger partial charge in [-0.2, -0.15) is 0 Å². The van der Waals surface area contributed by atoms with Crippen molar-refractivity contribution in [2.45, 2.75) is 25.7 Å². The third-order valence-corrected chi connectivity index (χ3v) is 3.86. The summed E-state index contributed by atoms with van der Waals surface area (Å²) in [6, 6.07) is 10.5. The van der Waals surface area contributed by atoms with E-state index in [1.54, 1.807) is 0 Å². The molecule has 1 fully saturated rings. The molecule has 3 heteroatoms. The average molecular weight is 252 g/mol. The summed E-state index contributed by atoms with van der Waals surface area (Å²) in [4.78, 5) is 11.2. The Labute approximate surface area is 107 Å². The smallest absolute Gasteiger partial charge is 0.234 e. The third kappa shape index (κ3) is 3.22. The lowest BCUT2D eigenvalue weighted by Crippen LogP contribution is -2.44. The van der Waals surface area contributed by atoms with Gasteiger partial charge in [0.05, 0.1) is 0 Å². The van der Waals surface area contributed by atoms with E-state index < -0.39 is 0 Å². The molecule has 92 valence electrons. The van der Waals surface area contributed by atoms with Gasteiger partial charge < -0.3 is 5.32 Å². The van der Waals surface area contributed by atoms with Crippen LogP contribution in [0, 0.1) is 5.41 Å². The molecule has 2 rings (SSSR count). The number of hydrogen-bond acceptors (Lipinski definition) is 1. The Morgan fingerprint density at radius 1 is 1.29 bits per heavy atom. The van der Waals surface area contributed by atoms with Crippen LogP contribution in [0.15, 0.2) is 30.3 Å². The molecule has 0 bridgehead atoms. The lowest BCUT2D eigenvalue weighted by Gasteiger charge is -2.42. The van der Waals surface area contributed by atoms with Gasteiger partial charge in [-0.25, -0.2) is 0 Å². The van der Waals surface area contributed by atoms with E-state index in [1.165, 1.54) is 24.8 Å². The van der Waals surface area contributed by atoms with Crippen LogP contribution in [0.1, 0.15) is 24.8 Å². The first kappa shape index (κ1) is 12.4. The zero-order chi connectivity index (χ0) is 12.1. The van der Waals surface area contributed by atoms with Crippen molar-refractivity contribution in [2.75, 3.05) is 12.4 Å². The number of hydrogen-bond donors (Lipinski definition) is 1. The van der Waals surface area contributed by atoms with Crippen LogP contribution in [0.25, 0.3) is 0 Å². The van der Waals surface area contributed by atoms with Gasteiger partial charge in [0.15, 0.2) is 0 Å². The fourth-order valence-corrected chi connectivity index (χ4v) is 2.55. The molecule has 1 amide bonds. The molecule has 0 spiro atoms. The molecular formula is C14H18ClNO. The predicted molar refractivity (Wildman–Crippen MR) is 70.2 cm³/mol. The molecule has 0 unspecified atom stereocenters. The highest BCUT2D eigenvalue weighted by Gasteiger charge is 2.36. The Bertz CT molecular complexity index is 373. The molecule has 0 radical (unpaired) electrons. The van der Waals surface area contributed by atoms with E-state index in [0.717, 1.165) is 13.0 Å². The monoisotopic (exact) mass is 251 g/mol. The molecule has 1 aromatic carbocycles. The van der Waals surface area contributed by atoms with Gasteiger partial charge in [0, 0.05) is 6.54 Å². The van der Waals surface area contributed by atoms with E-state index in [2.05, 4.69) is 29.6 Å². The molecule has 0 heterocycles. The topological polar surface area (TPSA) is 29.1 Å². The van der Waals surface area contributed by atoms with Crippen molar-refractivity contribution in [1.29, 1.82) is 0 Å². The summed E-state index contributed by atoms with van der Waals surface area (Å²) < 4.78 is 0. The number of rotatable bonds is 5. The standard InChI is InChI=1S/C14H18ClNO/c15-10-13(17)16-11-14(7-4-8-14)9-12-5-2-1-3-6-12/h1-3,5-6H,4,7-11H2,(H,16,17). The number of nitrogens with one attached hydrogen (secondary N) is 1. The lowest BCUT2D eigenvalue weighted by atomic mass is 9.65. The van der Waals surface area contributed by atoms with Crippen LogP contribution in [0.4, 0.5) is 0 Å². The van der Waals surface area contributed by atoms with Crippen LogP contribution in [0.2, 0.25) is 0 Å². The fraction of sp³-hybridized carbons (Fsp3) is 0.500. The van der Waals surface area contributed by atoms with Crippen molar-refractivity contribution in [3.05, 3.63) is 35.9 Å². The Hall–Kier alpha value is -1.02. The quantitative estimate of drug-likeness (QED) is 0.801. The highest BCUT2D eigenvalue weighted by Crippen LogP contribution is 2.43. The molecule has 1 aromatic rings. The summed E-state index contributed by atoms with van der Waals surface area (Å²) in [5.74, 6) is -0.00692. The Morgan fingerprint density at radius 3 is 2.53 bits per heavy atom. The number of alkyl halides is 1. The minimum atomic E-state index is -0.0639.